The molecule has 1 aromatic carbocycles. The van der Waals surface area contributed by atoms with Gasteiger partial charge >= 0.3 is 0 Å². The summed E-state index contributed by atoms with van der Waals surface area (Å²) in [5, 5.41) is 5.60. The van der Waals surface area contributed by atoms with Gasteiger partial charge in [0.05, 0.1) is 6.61 Å². The number of aromatic nitrogens is 1. The number of carbonyl (C=O) groups excluding carboxylic acids is 2. The van der Waals surface area contributed by atoms with Crippen molar-refractivity contribution in [2.24, 2.45) is 0 Å². The molecule has 132 valence electrons. The summed E-state index contributed by atoms with van der Waals surface area (Å²) in [6, 6.07) is 7.10. The Kier molecular flexibility index (Phi) is 6.25. The summed E-state index contributed by atoms with van der Waals surface area (Å²) >= 11 is 0. The molecule has 0 atom stereocenters. The molecule has 0 unspecified atom stereocenters. The van der Waals surface area contributed by atoms with E-state index in [1.165, 1.54) is 12.3 Å². The minimum Gasteiger partial charge on any atom is -0.383 e. The summed E-state index contributed by atoms with van der Waals surface area (Å²) in [5.41, 5.74) is 4.51. The lowest BCUT2D eigenvalue weighted by Gasteiger charge is -2.13. The molecule has 0 bridgehead atoms. The molecule has 25 heavy (non-hydrogen) atoms. The fourth-order valence-electron chi connectivity index (χ4n) is 2.62. The monoisotopic (exact) mass is 341 g/mol. The normalized spacial score (nSPS) is 10.4. The van der Waals surface area contributed by atoms with Gasteiger partial charge in [0.2, 0.25) is 0 Å². The maximum Gasteiger partial charge on any atom is 0.269 e. The molecular formula is C19H23N3O3. The minimum absolute atomic E-state index is 0.195. The fraction of sp³-hybridized carbons (Fsp3) is 0.316. The van der Waals surface area contributed by atoms with E-state index in [1.807, 2.05) is 32.9 Å². The van der Waals surface area contributed by atoms with Crippen molar-refractivity contribution in [3.05, 3.63) is 58.4 Å². The first-order valence-electron chi connectivity index (χ1n) is 8.04. The average Bonchev–Trinajstić information content (AvgIpc) is 2.58. The van der Waals surface area contributed by atoms with Crippen molar-refractivity contribution in [3.63, 3.8) is 0 Å². The van der Waals surface area contributed by atoms with E-state index in [0.717, 1.165) is 22.4 Å². The number of benzene rings is 1. The Bertz CT molecular complexity index is 764. The summed E-state index contributed by atoms with van der Waals surface area (Å²) in [7, 11) is 1.56. The van der Waals surface area contributed by atoms with Gasteiger partial charge in [-0.1, -0.05) is 17.7 Å². The Morgan fingerprint density at radius 2 is 1.76 bits per heavy atom. The highest BCUT2D eigenvalue weighted by Gasteiger charge is 2.13. The number of pyridine rings is 1. The zero-order valence-electron chi connectivity index (χ0n) is 15.0. The molecule has 0 aliphatic rings. The molecule has 0 spiro atoms. The van der Waals surface area contributed by atoms with Crippen LogP contribution in [0.5, 0.6) is 0 Å². The third-order valence-electron chi connectivity index (χ3n) is 3.76. The van der Waals surface area contributed by atoms with E-state index < -0.39 is 0 Å². The molecule has 6 heteroatoms. The standard InChI is InChI=1S/C19H23N3O3/c1-12-9-13(2)17(14(3)10-12)22-18(23)15-5-6-20-16(11-15)19(24)21-7-8-25-4/h5-6,9-11H,7-8H2,1-4H3,(H,21,24)(H,22,23). The van der Waals surface area contributed by atoms with Crippen molar-refractivity contribution < 1.29 is 14.3 Å². The molecule has 2 N–H and O–H groups in total. The van der Waals surface area contributed by atoms with Crippen molar-refractivity contribution in [2.45, 2.75) is 20.8 Å². The number of aryl methyl sites for hydroxylation is 3. The van der Waals surface area contributed by atoms with Crippen molar-refractivity contribution in [2.75, 3.05) is 25.6 Å². The Hall–Kier alpha value is -2.73. The van der Waals surface area contributed by atoms with Crippen LogP contribution in [-0.4, -0.2) is 37.1 Å². The van der Waals surface area contributed by atoms with Gasteiger partial charge in [-0.15, -0.1) is 0 Å². The number of carbonyl (C=O) groups is 2. The Labute approximate surface area is 147 Å². The maximum absolute atomic E-state index is 12.5. The number of hydrogen-bond acceptors (Lipinski definition) is 4. The number of methoxy groups -OCH3 is 1. The topological polar surface area (TPSA) is 80.3 Å². The number of amides is 2. The van der Waals surface area contributed by atoms with Crippen LogP contribution in [0.25, 0.3) is 0 Å². The highest BCUT2D eigenvalue weighted by atomic mass is 16.5. The van der Waals surface area contributed by atoms with Crippen LogP contribution in [0.4, 0.5) is 5.69 Å². The van der Waals surface area contributed by atoms with Gasteiger partial charge in [0, 0.05) is 31.1 Å². The maximum atomic E-state index is 12.5. The quantitative estimate of drug-likeness (QED) is 0.792. The highest BCUT2D eigenvalue weighted by Crippen LogP contribution is 2.22. The van der Waals surface area contributed by atoms with Crippen LogP contribution in [0, 0.1) is 20.8 Å². The number of nitrogens with zero attached hydrogens (tertiary/aromatic N) is 1. The second kappa shape index (κ2) is 8.39. The van der Waals surface area contributed by atoms with E-state index in [9.17, 15) is 9.59 Å². The van der Waals surface area contributed by atoms with Crippen LogP contribution >= 0.6 is 0 Å². The number of ether oxygens (including phenoxy) is 1. The van der Waals surface area contributed by atoms with Gasteiger partial charge in [-0.25, -0.2) is 0 Å². The molecule has 0 fully saturated rings. The minimum atomic E-state index is -0.339. The molecule has 1 heterocycles. The number of anilines is 1. The predicted octanol–water partition coefficient (Wildman–Crippen LogP) is 2.64. The summed E-state index contributed by atoms with van der Waals surface area (Å²) in [6.45, 7) is 6.73. The molecule has 0 saturated carbocycles. The predicted molar refractivity (Wildman–Crippen MR) is 97.1 cm³/mol. The van der Waals surface area contributed by atoms with Gasteiger partial charge in [-0.3, -0.25) is 14.6 Å². The molecule has 6 nitrogen and oxygen atoms in total. The summed E-state index contributed by atoms with van der Waals surface area (Å²) in [5.74, 6) is -0.613. The van der Waals surface area contributed by atoms with Crippen LogP contribution in [0.3, 0.4) is 0 Å². The van der Waals surface area contributed by atoms with Crippen LogP contribution in [0.2, 0.25) is 0 Å². The van der Waals surface area contributed by atoms with Crippen molar-refractivity contribution in [3.8, 4) is 0 Å². The molecule has 0 aliphatic heterocycles. The van der Waals surface area contributed by atoms with Crippen molar-refractivity contribution in [1.29, 1.82) is 0 Å². The lowest BCUT2D eigenvalue weighted by molar-refractivity contribution is 0.0932. The Morgan fingerprint density at radius 3 is 2.40 bits per heavy atom. The first-order chi connectivity index (χ1) is 11.9. The zero-order chi connectivity index (χ0) is 18.4. The molecular weight excluding hydrogens is 318 g/mol. The van der Waals surface area contributed by atoms with E-state index in [-0.39, 0.29) is 17.5 Å². The van der Waals surface area contributed by atoms with E-state index in [4.69, 9.17) is 4.74 Å². The summed E-state index contributed by atoms with van der Waals surface area (Å²) in [4.78, 5) is 28.6. The molecule has 0 aliphatic carbocycles. The van der Waals surface area contributed by atoms with E-state index >= 15 is 0 Å². The van der Waals surface area contributed by atoms with Gasteiger partial charge in [0.1, 0.15) is 5.69 Å². The molecule has 2 aromatic rings. The van der Waals surface area contributed by atoms with E-state index in [0.29, 0.717) is 18.7 Å². The Balaban J connectivity index is 2.15. The lowest BCUT2D eigenvalue weighted by Crippen LogP contribution is -2.28. The van der Waals surface area contributed by atoms with Crippen LogP contribution < -0.4 is 10.6 Å². The van der Waals surface area contributed by atoms with Crippen LogP contribution in [0.1, 0.15) is 37.5 Å². The molecule has 2 rings (SSSR count). The van der Waals surface area contributed by atoms with Gasteiger partial charge in [-0.05, 0) is 44.0 Å². The van der Waals surface area contributed by atoms with Gasteiger partial charge in [-0.2, -0.15) is 0 Å². The number of hydrogen-bond donors (Lipinski definition) is 2. The molecule has 0 radical (unpaired) electrons. The zero-order valence-corrected chi connectivity index (χ0v) is 15.0. The van der Waals surface area contributed by atoms with Gasteiger partial charge < -0.3 is 15.4 Å². The third-order valence-corrected chi connectivity index (χ3v) is 3.76. The van der Waals surface area contributed by atoms with Crippen molar-refractivity contribution in [1.82, 2.24) is 10.3 Å². The highest BCUT2D eigenvalue weighted by molar-refractivity contribution is 6.06. The first-order valence-corrected chi connectivity index (χ1v) is 8.04. The van der Waals surface area contributed by atoms with E-state index in [1.54, 1.807) is 13.2 Å². The summed E-state index contributed by atoms with van der Waals surface area (Å²) < 4.78 is 4.89. The lowest BCUT2D eigenvalue weighted by atomic mass is 10.0. The smallest absolute Gasteiger partial charge is 0.269 e. The van der Waals surface area contributed by atoms with Crippen molar-refractivity contribution >= 4 is 17.5 Å². The third kappa shape index (κ3) is 4.87. The summed E-state index contributed by atoms with van der Waals surface area (Å²) in [6.07, 6.45) is 1.45. The second-order valence-electron chi connectivity index (χ2n) is 5.91. The number of nitrogens with one attached hydrogen (secondary N) is 2. The molecule has 1 aromatic heterocycles. The van der Waals surface area contributed by atoms with Crippen LogP contribution in [0.15, 0.2) is 30.5 Å². The largest absolute Gasteiger partial charge is 0.383 e. The molecule has 2 amide bonds. The Morgan fingerprint density at radius 1 is 1.08 bits per heavy atom. The fourth-order valence-corrected chi connectivity index (χ4v) is 2.62. The SMILES string of the molecule is COCCNC(=O)c1cc(C(=O)Nc2c(C)cc(C)cc2C)ccn1. The average molecular weight is 341 g/mol. The van der Waals surface area contributed by atoms with E-state index in [2.05, 4.69) is 15.6 Å². The second-order valence-corrected chi connectivity index (χ2v) is 5.91. The van der Waals surface area contributed by atoms with Gasteiger partial charge in [0.15, 0.2) is 0 Å². The molecule has 0 saturated heterocycles. The van der Waals surface area contributed by atoms with Gasteiger partial charge in [0.25, 0.3) is 11.8 Å². The first kappa shape index (κ1) is 18.6. The number of rotatable bonds is 6. The van der Waals surface area contributed by atoms with Crippen LogP contribution in [-0.2, 0) is 4.74 Å².